The summed E-state index contributed by atoms with van der Waals surface area (Å²) in [6.07, 6.45) is 7.05. The number of fused-ring (bicyclic) bond motifs is 4. The zero-order chi connectivity index (χ0) is 15.6. The molecule has 3 aromatic rings. The smallest absolute Gasteiger partial charge is 0.0956 e. The van der Waals surface area contributed by atoms with Crippen molar-refractivity contribution < 1.29 is 5.11 Å². The minimum Gasteiger partial charge on any atom is -0.388 e. The molecule has 0 saturated heterocycles. The van der Waals surface area contributed by atoms with Crippen molar-refractivity contribution in [1.29, 1.82) is 0 Å². The highest BCUT2D eigenvalue weighted by Crippen LogP contribution is 2.49. The molecule has 5 nitrogen and oxygen atoms in total. The summed E-state index contributed by atoms with van der Waals surface area (Å²) < 4.78 is 4.11. The van der Waals surface area contributed by atoms with Crippen LogP contribution >= 0.6 is 0 Å². The van der Waals surface area contributed by atoms with Crippen LogP contribution in [-0.4, -0.2) is 24.4 Å². The molecule has 0 amide bonds. The Morgan fingerprint density at radius 2 is 2.04 bits per heavy atom. The van der Waals surface area contributed by atoms with Crippen molar-refractivity contribution in [2.24, 2.45) is 13.0 Å². The maximum absolute atomic E-state index is 11.0. The number of aliphatic hydroxyl groups is 1. The van der Waals surface area contributed by atoms with Crippen molar-refractivity contribution in [3.05, 3.63) is 59.8 Å². The Balaban J connectivity index is 1.63. The van der Waals surface area contributed by atoms with Crippen molar-refractivity contribution in [3.8, 4) is 11.3 Å². The zero-order valence-corrected chi connectivity index (χ0v) is 12.9. The van der Waals surface area contributed by atoms with Crippen molar-refractivity contribution in [3.63, 3.8) is 0 Å². The standard InChI is InChI=1S/C18H18N4O/c1-21-15-7-6-13(18(23)14(15)8-20-21)17-12-5-3-2-4-11(12)16-9-19-10-22(16)17/h2-5,8-10,13,17-18,23H,6-7H2,1H3/t13-,17+,18+/m1/s1. The fraction of sp³-hybridized carbons (Fsp3) is 0.333. The van der Waals surface area contributed by atoms with Gasteiger partial charge in [-0.15, -0.1) is 0 Å². The first kappa shape index (κ1) is 13.1. The summed E-state index contributed by atoms with van der Waals surface area (Å²) >= 11 is 0. The van der Waals surface area contributed by atoms with Gasteiger partial charge < -0.3 is 9.67 Å². The fourth-order valence-corrected chi connectivity index (χ4v) is 4.37. The molecule has 0 unspecified atom stereocenters. The van der Waals surface area contributed by atoms with Crippen LogP contribution in [0.15, 0.2) is 43.0 Å². The molecule has 0 spiro atoms. The van der Waals surface area contributed by atoms with Gasteiger partial charge in [-0.1, -0.05) is 24.3 Å². The van der Waals surface area contributed by atoms with Crippen LogP contribution in [0.4, 0.5) is 0 Å². The average molecular weight is 306 g/mol. The third kappa shape index (κ3) is 1.65. The topological polar surface area (TPSA) is 55.9 Å². The first-order chi connectivity index (χ1) is 11.3. The number of aryl methyl sites for hydroxylation is 1. The largest absolute Gasteiger partial charge is 0.388 e. The van der Waals surface area contributed by atoms with Crippen molar-refractivity contribution in [1.82, 2.24) is 19.3 Å². The van der Waals surface area contributed by atoms with Crippen LogP contribution in [0, 0.1) is 5.92 Å². The first-order valence-corrected chi connectivity index (χ1v) is 8.05. The highest BCUT2D eigenvalue weighted by Gasteiger charge is 2.41. The minimum absolute atomic E-state index is 0.142. The van der Waals surface area contributed by atoms with Gasteiger partial charge in [-0.3, -0.25) is 4.68 Å². The Labute approximate surface area is 134 Å². The van der Waals surface area contributed by atoms with Crippen molar-refractivity contribution >= 4 is 0 Å². The lowest BCUT2D eigenvalue weighted by molar-refractivity contribution is 0.0713. The zero-order valence-electron chi connectivity index (χ0n) is 12.9. The maximum atomic E-state index is 11.0. The van der Waals surface area contributed by atoms with E-state index in [1.807, 2.05) is 30.5 Å². The second kappa shape index (κ2) is 4.55. The number of hydrogen-bond acceptors (Lipinski definition) is 3. The number of rotatable bonds is 1. The van der Waals surface area contributed by atoms with Crippen LogP contribution in [0.25, 0.3) is 11.3 Å². The Morgan fingerprint density at radius 1 is 1.17 bits per heavy atom. The molecule has 1 aromatic carbocycles. The van der Waals surface area contributed by atoms with Crippen LogP contribution in [0.1, 0.15) is 35.4 Å². The fourth-order valence-electron chi connectivity index (χ4n) is 4.37. The highest BCUT2D eigenvalue weighted by molar-refractivity contribution is 5.69. The van der Waals surface area contributed by atoms with Gasteiger partial charge >= 0.3 is 0 Å². The summed E-state index contributed by atoms with van der Waals surface area (Å²) in [6.45, 7) is 0. The second-order valence-corrected chi connectivity index (χ2v) is 6.54. The lowest BCUT2D eigenvalue weighted by Gasteiger charge is -2.33. The quantitative estimate of drug-likeness (QED) is 0.751. The SMILES string of the molecule is Cn1ncc2c1CC[C@H]([C@@H]1c3ccccc3-c3cncn31)[C@@H]2O. The number of aromatic nitrogens is 4. The van der Waals surface area contributed by atoms with E-state index in [0.717, 1.165) is 29.8 Å². The van der Waals surface area contributed by atoms with E-state index in [0.29, 0.717) is 0 Å². The predicted octanol–water partition coefficient (Wildman–Crippen LogP) is 2.48. The van der Waals surface area contributed by atoms with E-state index in [4.69, 9.17) is 0 Å². The van der Waals surface area contributed by atoms with Crippen LogP contribution in [0.3, 0.4) is 0 Å². The molecule has 0 fully saturated rings. The molecule has 0 bridgehead atoms. The second-order valence-electron chi connectivity index (χ2n) is 6.54. The van der Waals surface area contributed by atoms with Gasteiger partial charge in [-0.2, -0.15) is 5.10 Å². The normalized spacial score (nSPS) is 25.0. The van der Waals surface area contributed by atoms with E-state index < -0.39 is 6.10 Å². The van der Waals surface area contributed by atoms with Crippen LogP contribution in [0.2, 0.25) is 0 Å². The Bertz CT molecular complexity index is 894. The molecule has 1 N–H and O–H groups in total. The van der Waals surface area contributed by atoms with Crippen LogP contribution in [0.5, 0.6) is 0 Å². The van der Waals surface area contributed by atoms with E-state index in [1.54, 1.807) is 0 Å². The summed E-state index contributed by atoms with van der Waals surface area (Å²) in [4.78, 5) is 4.33. The van der Waals surface area contributed by atoms with Crippen LogP contribution < -0.4 is 0 Å². The highest BCUT2D eigenvalue weighted by atomic mass is 16.3. The molecule has 1 aliphatic carbocycles. The molecule has 3 heterocycles. The molecule has 23 heavy (non-hydrogen) atoms. The number of aliphatic hydroxyl groups excluding tert-OH is 1. The summed E-state index contributed by atoms with van der Waals surface area (Å²) in [7, 11) is 1.95. The van der Waals surface area contributed by atoms with Gasteiger partial charge in [0, 0.05) is 29.8 Å². The van der Waals surface area contributed by atoms with Gasteiger partial charge in [0.25, 0.3) is 0 Å². The number of benzene rings is 1. The van der Waals surface area contributed by atoms with Crippen molar-refractivity contribution in [2.45, 2.75) is 25.0 Å². The van der Waals surface area contributed by atoms with Crippen LogP contribution in [-0.2, 0) is 13.5 Å². The molecule has 5 heteroatoms. The van der Waals surface area contributed by atoms with E-state index in [9.17, 15) is 5.11 Å². The maximum Gasteiger partial charge on any atom is 0.0956 e. The van der Waals surface area contributed by atoms with Gasteiger partial charge in [0.2, 0.25) is 0 Å². The molecular formula is C18H18N4O. The van der Waals surface area contributed by atoms with E-state index in [1.165, 1.54) is 11.1 Å². The molecule has 2 aromatic heterocycles. The molecule has 0 radical (unpaired) electrons. The van der Waals surface area contributed by atoms with Gasteiger partial charge in [0.1, 0.15) is 0 Å². The van der Waals surface area contributed by atoms with Gasteiger partial charge in [-0.25, -0.2) is 4.98 Å². The van der Waals surface area contributed by atoms with E-state index in [2.05, 4.69) is 38.9 Å². The Morgan fingerprint density at radius 3 is 2.96 bits per heavy atom. The molecular weight excluding hydrogens is 288 g/mol. The average Bonchev–Trinajstić information content (AvgIpc) is 3.24. The molecule has 1 aliphatic heterocycles. The Kier molecular flexibility index (Phi) is 2.59. The van der Waals surface area contributed by atoms with E-state index >= 15 is 0 Å². The predicted molar refractivity (Wildman–Crippen MR) is 85.8 cm³/mol. The minimum atomic E-state index is -0.487. The third-order valence-corrected chi connectivity index (χ3v) is 5.46. The van der Waals surface area contributed by atoms with E-state index in [-0.39, 0.29) is 12.0 Å². The summed E-state index contributed by atoms with van der Waals surface area (Å²) in [5, 5.41) is 15.3. The lowest BCUT2D eigenvalue weighted by atomic mass is 9.78. The Hall–Kier alpha value is -2.40. The molecule has 5 rings (SSSR count). The molecule has 116 valence electrons. The van der Waals surface area contributed by atoms with Gasteiger partial charge in [-0.05, 0) is 18.4 Å². The van der Waals surface area contributed by atoms with Crippen molar-refractivity contribution in [2.75, 3.05) is 0 Å². The monoisotopic (exact) mass is 306 g/mol. The number of imidazole rings is 1. The summed E-state index contributed by atoms with van der Waals surface area (Å²) in [6, 6.07) is 8.62. The molecule has 2 aliphatic rings. The summed E-state index contributed by atoms with van der Waals surface area (Å²) in [5.74, 6) is 0.142. The summed E-state index contributed by atoms with van der Waals surface area (Å²) in [5.41, 5.74) is 5.82. The first-order valence-electron chi connectivity index (χ1n) is 8.05. The number of hydrogen-bond donors (Lipinski definition) is 1. The lowest BCUT2D eigenvalue weighted by Crippen LogP contribution is -2.28. The molecule has 3 atom stereocenters. The number of nitrogens with zero attached hydrogens (tertiary/aromatic N) is 4. The third-order valence-electron chi connectivity index (χ3n) is 5.46. The van der Waals surface area contributed by atoms with Gasteiger partial charge in [0.05, 0.1) is 36.6 Å². The molecule has 0 saturated carbocycles. The van der Waals surface area contributed by atoms with Gasteiger partial charge in [0.15, 0.2) is 0 Å².